The van der Waals surface area contributed by atoms with Crippen molar-refractivity contribution in [1.82, 2.24) is 4.98 Å². The fourth-order valence-electron chi connectivity index (χ4n) is 3.62. The van der Waals surface area contributed by atoms with Crippen LogP contribution in [0.4, 0.5) is 0 Å². The zero-order valence-corrected chi connectivity index (χ0v) is 16.0. The average Bonchev–Trinajstić information content (AvgIpc) is 2.69. The second-order valence-electron chi connectivity index (χ2n) is 6.93. The Kier molecular flexibility index (Phi) is 4.55. The van der Waals surface area contributed by atoms with Gasteiger partial charge in [0.05, 0.1) is 5.56 Å². The van der Waals surface area contributed by atoms with Gasteiger partial charge in [0.2, 0.25) is 5.69 Å². The van der Waals surface area contributed by atoms with Gasteiger partial charge in [-0.05, 0) is 42.7 Å². The molecule has 0 fully saturated rings. The molecule has 4 aromatic rings. The number of nitrogens with zero attached hydrogens (tertiary/aromatic N) is 2. The summed E-state index contributed by atoms with van der Waals surface area (Å²) in [5, 5.41) is 0. The van der Waals surface area contributed by atoms with E-state index in [4.69, 9.17) is 4.98 Å². The topological polar surface area (TPSA) is 16.8 Å². The molecule has 0 bridgehead atoms. The molecule has 0 radical (unpaired) electrons. The van der Waals surface area contributed by atoms with Crippen molar-refractivity contribution in [3.63, 3.8) is 0 Å². The van der Waals surface area contributed by atoms with Gasteiger partial charge in [0.15, 0.2) is 6.20 Å². The Balaban J connectivity index is 1.79. The van der Waals surface area contributed by atoms with Crippen LogP contribution in [0.2, 0.25) is 0 Å². The first-order valence-corrected chi connectivity index (χ1v) is 9.22. The molecule has 2 nitrogen and oxygen atoms in total. The zero-order valence-electron chi connectivity index (χ0n) is 16.0. The minimum Gasteiger partial charge on any atom is -0.240 e. The van der Waals surface area contributed by atoms with E-state index < -0.39 is 0 Å². The van der Waals surface area contributed by atoms with Crippen LogP contribution in [-0.4, -0.2) is 4.98 Å². The molecule has 0 unspecified atom stereocenters. The first kappa shape index (κ1) is 17.2. The number of rotatable bonds is 3. The Bertz CT molecular complexity index is 1080. The number of hydrogen-bond acceptors (Lipinski definition) is 1. The van der Waals surface area contributed by atoms with E-state index in [1.165, 1.54) is 22.3 Å². The predicted octanol–water partition coefficient (Wildman–Crippen LogP) is 5.52. The third-order valence-electron chi connectivity index (χ3n) is 4.97. The molecule has 0 aliphatic carbocycles. The molecular formula is C25H23N2+. The average molecular weight is 351 g/mol. The minimum atomic E-state index is 0.991. The van der Waals surface area contributed by atoms with E-state index in [2.05, 4.69) is 104 Å². The van der Waals surface area contributed by atoms with E-state index >= 15 is 0 Å². The van der Waals surface area contributed by atoms with Gasteiger partial charge in [0, 0.05) is 5.56 Å². The van der Waals surface area contributed by atoms with Crippen LogP contribution in [0.5, 0.6) is 0 Å². The lowest BCUT2D eigenvalue weighted by atomic mass is 10.0. The maximum atomic E-state index is 4.94. The molecule has 0 N–H and O–H groups in total. The molecule has 3 aromatic carbocycles. The molecule has 132 valence electrons. The van der Waals surface area contributed by atoms with Crippen LogP contribution in [0.25, 0.3) is 33.6 Å². The number of aryl methyl sites for hydroxylation is 3. The van der Waals surface area contributed by atoms with Gasteiger partial charge in [0.1, 0.15) is 18.4 Å². The summed E-state index contributed by atoms with van der Waals surface area (Å²) in [6.45, 7) is 4.23. The first-order chi connectivity index (χ1) is 13.1. The Morgan fingerprint density at radius 2 is 1.37 bits per heavy atom. The maximum absolute atomic E-state index is 4.94. The van der Waals surface area contributed by atoms with Gasteiger partial charge >= 0.3 is 0 Å². The standard InChI is InChI=1S/C25H23N2/c1-18-10-7-8-15-23(18)25-19(2)26-24(17-27(25)3)22-14-9-13-21(16-22)20-11-5-4-6-12-20/h4-17H,1-3H3/q+1. The van der Waals surface area contributed by atoms with Crippen LogP contribution >= 0.6 is 0 Å². The smallest absolute Gasteiger partial charge is 0.233 e. The monoisotopic (exact) mass is 351 g/mol. The molecule has 0 amide bonds. The lowest BCUT2D eigenvalue weighted by Crippen LogP contribution is -2.33. The van der Waals surface area contributed by atoms with E-state index in [0.717, 1.165) is 22.6 Å². The molecular weight excluding hydrogens is 328 g/mol. The van der Waals surface area contributed by atoms with Crippen LogP contribution in [0.15, 0.2) is 85.1 Å². The highest BCUT2D eigenvalue weighted by Gasteiger charge is 2.19. The van der Waals surface area contributed by atoms with Gasteiger partial charge in [-0.15, -0.1) is 0 Å². The maximum Gasteiger partial charge on any atom is 0.233 e. The van der Waals surface area contributed by atoms with Crippen molar-refractivity contribution in [1.29, 1.82) is 0 Å². The highest BCUT2D eigenvalue weighted by Crippen LogP contribution is 2.27. The quantitative estimate of drug-likeness (QED) is 0.444. The molecule has 0 aliphatic rings. The molecule has 2 heteroatoms. The molecule has 0 saturated carbocycles. The summed E-state index contributed by atoms with van der Waals surface area (Å²) in [4.78, 5) is 4.94. The second kappa shape index (κ2) is 7.16. The van der Waals surface area contributed by atoms with Crippen LogP contribution in [-0.2, 0) is 7.05 Å². The van der Waals surface area contributed by atoms with Crippen LogP contribution < -0.4 is 4.57 Å². The second-order valence-corrected chi connectivity index (χ2v) is 6.93. The molecule has 1 aromatic heterocycles. The minimum absolute atomic E-state index is 0.991. The zero-order chi connectivity index (χ0) is 18.8. The Morgan fingerprint density at radius 3 is 2.11 bits per heavy atom. The Morgan fingerprint density at radius 1 is 0.704 bits per heavy atom. The molecule has 0 spiro atoms. The van der Waals surface area contributed by atoms with Crippen molar-refractivity contribution in [3.8, 4) is 33.6 Å². The largest absolute Gasteiger partial charge is 0.240 e. The molecule has 1 heterocycles. The van der Waals surface area contributed by atoms with E-state index in [9.17, 15) is 0 Å². The number of hydrogen-bond donors (Lipinski definition) is 0. The first-order valence-electron chi connectivity index (χ1n) is 9.22. The fourth-order valence-corrected chi connectivity index (χ4v) is 3.62. The summed E-state index contributed by atoms with van der Waals surface area (Å²) >= 11 is 0. The molecule has 0 saturated heterocycles. The van der Waals surface area contributed by atoms with E-state index in [-0.39, 0.29) is 0 Å². The van der Waals surface area contributed by atoms with Crippen molar-refractivity contribution in [2.24, 2.45) is 7.05 Å². The van der Waals surface area contributed by atoms with Crippen molar-refractivity contribution < 1.29 is 4.57 Å². The van der Waals surface area contributed by atoms with Crippen molar-refractivity contribution in [2.45, 2.75) is 13.8 Å². The predicted molar refractivity (Wildman–Crippen MR) is 111 cm³/mol. The lowest BCUT2D eigenvalue weighted by Gasteiger charge is -2.09. The Hall–Kier alpha value is -3.26. The summed E-state index contributed by atoms with van der Waals surface area (Å²) in [5.41, 5.74) is 9.24. The molecule has 0 aliphatic heterocycles. The van der Waals surface area contributed by atoms with Crippen molar-refractivity contribution in [3.05, 3.63) is 96.3 Å². The fraction of sp³-hybridized carbons (Fsp3) is 0.120. The SMILES string of the molecule is Cc1ccccc1-c1c(C)nc(-c2cccc(-c3ccccc3)c2)c[n+]1C. The highest BCUT2D eigenvalue weighted by molar-refractivity contribution is 5.71. The Labute approximate surface area is 160 Å². The van der Waals surface area contributed by atoms with Crippen molar-refractivity contribution >= 4 is 0 Å². The third-order valence-corrected chi connectivity index (χ3v) is 4.97. The summed E-state index contributed by atoms with van der Waals surface area (Å²) in [7, 11) is 2.10. The molecule has 0 atom stereocenters. The van der Waals surface area contributed by atoms with Gasteiger partial charge in [-0.3, -0.25) is 0 Å². The summed E-state index contributed by atoms with van der Waals surface area (Å²) in [6, 6.07) is 27.5. The normalized spacial score (nSPS) is 10.8. The van der Waals surface area contributed by atoms with Crippen LogP contribution in [0, 0.1) is 13.8 Å². The van der Waals surface area contributed by atoms with Gasteiger partial charge in [-0.25, -0.2) is 4.98 Å². The summed E-state index contributed by atoms with van der Waals surface area (Å²) < 4.78 is 2.19. The van der Waals surface area contributed by atoms with E-state index in [0.29, 0.717) is 0 Å². The summed E-state index contributed by atoms with van der Waals surface area (Å²) in [6.07, 6.45) is 2.12. The van der Waals surface area contributed by atoms with Gasteiger partial charge < -0.3 is 0 Å². The van der Waals surface area contributed by atoms with Gasteiger partial charge in [-0.1, -0.05) is 66.7 Å². The van der Waals surface area contributed by atoms with Crippen molar-refractivity contribution in [2.75, 3.05) is 0 Å². The lowest BCUT2D eigenvalue weighted by molar-refractivity contribution is -0.660. The highest BCUT2D eigenvalue weighted by atomic mass is 15.0. The van der Waals surface area contributed by atoms with E-state index in [1.807, 2.05) is 6.07 Å². The van der Waals surface area contributed by atoms with Gasteiger partial charge in [-0.2, -0.15) is 4.57 Å². The van der Waals surface area contributed by atoms with Crippen LogP contribution in [0.1, 0.15) is 11.3 Å². The molecule has 4 rings (SSSR count). The van der Waals surface area contributed by atoms with Gasteiger partial charge in [0.25, 0.3) is 0 Å². The van der Waals surface area contributed by atoms with Crippen LogP contribution in [0.3, 0.4) is 0 Å². The number of benzene rings is 3. The molecule has 27 heavy (non-hydrogen) atoms. The number of aromatic nitrogens is 2. The van der Waals surface area contributed by atoms with E-state index in [1.54, 1.807) is 0 Å². The summed E-state index contributed by atoms with van der Waals surface area (Å²) in [5.74, 6) is 0. The third kappa shape index (κ3) is 3.39.